The lowest BCUT2D eigenvalue weighted by atomic mass is 9.91. The predicted molar refractivity (Wildman–Crippen MR) is 182 cm³/mol. The van der Waals surface area contributed by atoms with E-state index in [1.165, 1.54) is 18.4 Å². The Hall–Kier alpha value is -4.40. The summed E-state index contributed by atoms with van der Waals surface area (Å²) in [5.74, 6) is 0.438. The molecule has 0 amide bonds. The lowest BCUT2D eigenvalue weighted by Crippen LogP contribution is -2.28. The number of fused-ring (bicyclic) bond motifs is 1. The van der Waals surface area contributed by atoms with E-state index in [2.05, 4.69) is 70.2 Å². The van der Waals surface area contributed by atoms with Gasteiger partial charge in [0, 0.05) is 40.3 Å². The highest BCUT2D eigenvalue weighted by Crippen LogP contribution is 2.31. The van der Waals surface area contributed by atoms with Crippen LogP contribution in [-0.2, 0) is 12.8 Å². The molecular formula is C37H42FN7. The molecule has 232 valence electrons. The molecule has 0 radical (unpaired) electrons. The molecule has 6 rings (SSSR count). The Balaban J connectivity index is 1.33. The fourth-order valence-corrected chi connectivity index (χ4v) is 6.33. The quantitative estimate of drug-likeness (QED) is 0.197. The first kappa shape index (κ1) is 30.6. The molecule has 45 heavy (non-hydrogen) atoms. The zero-order valence-corrected chi connectivity index (χ0v) is 26.5. The van der Waals surface area contributed by atoms with Crippen molar-refractivity contribution in [3.63, 3.8) is 0 Å². The van der Waals surface area contributed by atoms with Crippen LogP contribution in [-0.4, -0.2) is 63.8 Å². The van der Waals surface area contributed by atoms with Crippen molar-refractivity contribution < 1.29 is 4.39 Å². The Morgan fingerprint density at radius 2 is 1.91 bits per heavy atom. The van der Waals surface area contributed by atoms with Gasteiger partial charge < -0.3 is 15.2 Å². The first-order valence-electron chi connectivity index (χ1n) is 15.9. The highest BCUT2D eigenvalue weighted by Gasteiger charge is 2.16. The van der Waals surface area contributed by atoms with Crippen LogP contribution in [0.5, 0.6) is 0 Å². The van der Waals surface area contributed by atoms with Crippen LogP contribution in [0.15, 0.2) is 61.6 Å². The maximum Gasteiger partial charge on any atom is 0.124 e. The smallest absolute Gasteiger partial charge is 0.124 e. The van der Waals surface area contributed by atoms with Gasteiger partial charge in [-0.15, -0.1) is 0 Å². The number of rotatable bonds is 10. The lowest BCUT2D eigenvalue weighted by molar-refractivity contribution is 0.372. The Morgan fingerprint density at radius 1 is 1.07 bits per heavy atom. The van der Waals surface area contributed by atoms with Crippen LogP contribution >= 0.6 is 0 Å². The number of halogens is 1. The topological polar surface area (TPSA) is 85.5 Å². The fraction of sp³-hybridized carbons (Fsp3) is 0.324. The summed E-state index contributed by atoms with van der Waals surface area (Å²) in [4.78, 5) is 14.9. The summed E-state index contributed by atoms with van der Waals surface area (Å²) in [5.41, 5.74) is 8.17. The molecule has 4 aromatic heterocycles. The van der Waals surface area contributed by atoms with E-state index in [0.29, 0.717) is 5.92 Å². The van der Waals surface area contributed by atoms with Gasteiger partial charge in [0.15, 0.2) is 0 Å². The molecule has 1 fully saturated rings. The number of benzene rings is 1. The van der Waals surface area contributed by atoms with Gasteiger partial charge in [0.25, 0.3) is 0 Å². The lowest BCUT2D eigenvalue weighted by Gasteiger charge is -2.22. The van der Waals surface area contributed by atoms with E-state index in [4.69, 9.17) is 10.1 Å². The number of pyridine rings is 2. The number of piperidine rings is 1. The molecule has 0 bridgehead atoms. The van der Waals surface area contributed by atoms with Gasteiger partial charge in [-0.2, -0.15) is 5.10 Å². The number of hydrogen-bond donors (Lipinski definition) is 3. The molecule has 0 aliphatic carbocycles. The molecule has 7 nitrogen and oxygen atoms in total. The molecule has 3 N–H and O–H groups in total. The zero-order valence-electron chi connectivity index (χ0n) is 26.5. The molecule has 5 heterocycles. The zero-order chi connectivity index (χ0) is 31.3. The van der Waals surface area contributed by atoms with Crippen molar-refractivity contribution in [3.05, 3.63) is 94.6 Å². The summed E-state index contributed by atoms with van der Waals surface area (Å²) < 4.78 is 14.8. The van der Waals surface area contributed by atoms with Gasteiger partial charge in [0.05, 0.1) is 16.7 Å². The van der Waals surface area contributed by atoms with E-state index in [1.54, 1.807) is 18.3 Å². The SMILES string of the molecule is C=C(/C=c1/c(-c2cc3c(-c4cc(F)cc(CCCN(C)C)c4)nccc3[nH]2)n[nH]/c1=C/C)c1cncc(CC2CCNCC2)c1. The van der Waals surface area contributed by atoms with Crippen molar-refractivity contribution in [1.29, 1.82) is 0 Å². The number of nitrogens with zero attached hydrogens (tertiary/aromatic N) is 4. The molecule has 0 saturated carbocycles. The molecule has 0 spiro atoms. The Kier molecular flexibility index (Phi) is 9.33. The number of allylic oxidation sites excluding steroid dienone is 1. The van der Waals surface area contributed by atoms with Gasteiger partial charge in [0.1, 0.15) is 11.5 Å². The normalized spacial score (nSPS) is 15.0. The van der Waals surface area contributed by atoms with E-state index in [0.717, 1.165) is 99.7 Å². The van der Waals surface area contributed by atoms with Crippen LogP contribution in [0.2, 0.25) is 0 Å². The summed E-state index contributed by atoms with van der Waals surface area (Å²) >= 11 is 0. The second kappa shape index (κ2) is 13.7. The number of H-pyrrole nitrogens is 2. The Labute approximate surface area is 264 Å². The van der Waals surface area contributed by atoms with Crippen molar-refractivity contribution in [2.24, 2.45) is 5.92 Å². The third kappa shape index (κ3) is 7.13. The Morgan fingerprint density at radius 3 is 2.71 bits per heavy atom. The van der Waals surface area contributed by atoms with Crippen molar-refractivity contribution in [3.8, 4) is 22.6 Å². The second-order valence-electron chi connectivity index (χ2n) is 12.4. The van der Waals surface area contributed by atoms with Gasteiger partial charge in [0.2, 0.25) is 0 Å². The van der Waals surface area contributed by atoms with Crippen molar-refractivity contribution in [2.45, 2.75) is 39.0 Å². The monoisotopic (exact) mass is 603 g/mol. The van der Waals surface area contributed by atoms with Gasteiger partial charge in [-0.25, -0.2) is 4.39 Å². The molecule has 8 heteroatoms. The third-order valence-electron chi connectivity index (χ3n) is 8.69. The fourth-order valence-electron chi connectivity index (χ4n) is 6.33. The van der Waals surface area contributed by atoms with Crippen molar-refractivity contribution in [1.82, 2.24) is 35.4 Å². The first-order valence-corrected chi connectivity index (χ1v) is 15.9. The number of aryl methyl sites for hydroxylation is 1. The summed E-state index contributed by atoms with van der Waals surface area (Å²) in [6.07, 6.45) is 14.9. The van der Waals surface area contributed by atoms with E-state index < -0.39 is 0 Å². The average molecular weight is 604 g/mol. The highest BCUT2D eigenvalue weighted by molar-refractivity contribution is 5.96. The molecule has 1 aliphatic heterocycles. The summed E-state index contributed by atoms with van der Waals surface area (Å²) in [6.45, 7) is 9.54. The molecule has 0 unspecified atom stereocenters. The largest absolute Gasteiger partial charge is 0.353 e. The van der Waals surface area contributed by atoms with Gasteiger partial charge in [-0.05, 0) is 143 Å². The second-order valence-corrected chi connectivity index (χ2v) is 12.4. The van der Waals surface area contributed by atoms with Crippen LogP contribution in [0.3, 0.4) is 0 Å². The molecule has 0 atom stereocenters. The maximum absolute atomic E-state index is 14.8. The number of aromatic amines is 2. The Bertz CT molecular complexity index is 1930. The van der Waals surface area contributed by atoms with Crippen LogP contribution < -0.4 is 15.9 Å². The first-order chi connectivity index (χ1) is 21.9. The molecule has 1 saturated heterocycles. The van der Waals surface area contributed by atoms with Crippen LogP contribution in [0.1, 0.15) is 42.9 Å². The number of aromatic nitrogens is 5. The minimum Gasteiger partial charge on any atom is -0.353 e. The van der Waals surface area contributed by atoms with Crippen LogP contribution in [0, 0.1) is 11.7 Å². The van der Waals surface area contributed by atoms with Crippen molar-refractivity contribution >= 4 is 28.6 Å². The number of nitrogens with one attached hydrogen (secondary N) is 3. The summed E-state index contributed by atoms with van der Waals surface area (Å²) in [5, 5.41) is 14.1. The highest BCUT2D eigenvalue weighted by atomic mass is 19.1. The van der Waals surface area contributed by atoms with Crippen molar-refractivity contribution in [2.75, 3.05) is 33.7 Å². The maximum atomic E-state index is 14.8. The molecule has 1 aromatic carbocycles. The van der Waals surface area contributed by atoms with E-state index >= 15 is 0 Å². The van der Waals surface area contributed by atoms with Crippen LogP contribution in [0.25, 0.3) is 51.3 Å². The van der Waals surface area contributed by atoms with E-state index in [1.807, 2.05) is 31.5 Å². The van der Waals surface area contributed by atoms with E-state index in [9.17, 15) is 4.39 Å². The molecule has 1 aliphatic rings. The predicted octanol–water partition coefficient (Wildman–Crippen LogP) is 5.48. The average Bonchev–Trinajstić information content (AvgIpc) is 3.65. The van der Waals surface area contributed by atoms with Gasteiger partial charge in [-0.3, -0.25) is 15.1 Å². The summed E-state index contributed by atoms with van der Waals surface area (Å²) in [7, 11) is 4.10. The van der Waals surface area contributed by atoms with Gasteiger partial charge >= 0.3 is 0 Å². The molecule has 5 aromatic rings. The summed E-state index contributed by atoms with van der Waals surface area (Å²) in [6, 6.07) is 11.5. The van der Waals surface area contributed by atoms with Gasteiger partial charge in [-0.1, -0.05) is 12.7 Å². The minimum atomic E-state index is -0.248. The third-order valence-corrected chi connectivity index (χ3v) is 8.69. The van der Waals surface area contributed by atoms with E-state index in [-0.39, 0.29) is 5.82 Å². The minimum absolute atomic E-state index is 0.248. The number of hydrogen-bond acceptors (Lipinski definition) is 5. The molecular weight excluding hydrogens is 561 g/mol. The van der Waals surface area contributed by atoms with Crippen LogP contribution in [0.4, 0.5) is 4.39 Å². The standard InChI is InChI=1S/C37H42FN7/c1-5-33-31(15-24(2)29-18-27(22-40-23-29)16-25-8-11-39-12-9-25)37(44-43-33)35-21-32-34(42-35)10-13-41-36(32)28-17-26(19-30(38)20-28)7-6-14-45(3)4/h5,10,13,15,17-23,25,39,42-43H,2,6-9,11-12,14,16H2,1,3-4H3/b31-15+,33-5+.